The second-order valence-corrected chi connectivity index (χ2v) is 3.98. The summed E-state index contributed by atoms with van der Waals surface area (Å²) in [7, 11) is -2.26. The molecule has 0 amide bonds. The molecule has 0 saturated carbocycles. The Kier molecular flexibility index (Phi) is 7.14. The first-order chi connectivity index (χ1) is 5.40. The minimum absolute atomic E-state index is 0. The Morgan fingerprint density at radius 1 is 1.62 bits per heavy atom. The van der Waals surface area contributed by atoms with Gasteiger partial charge >= 0.3 is 5.97 Å². The number of esters is 1. The average molecular weight is 233 g/mol. The summed E-state index contributed by atoms with van der Waals surface area (Å²) in [6, 6.07) is -0.995. The zero-order chi connectivity index (χ0) is 9.78. The highest BCUT2D eigenvalue weighted by Crippen LogP contribution is 1.87. The number of hydrogen-bond donors (Lipinski definition) is 2. The van der Waals surface area contributed by atoms with E-state index in [1.807, 2.05) is 4.72 Å². The van der Waals surface area contributed by atoms with Gasteiger partial charge in [0.15, 0.2) is 0 Å². The Morgan fingerprint density at radius 2 is 2.08 bits per heavy atom. The number of hydrogen-bond acceptors (Lipinski definition) is 5. The van der Waals surface area contributed by atoms with E-state index in [0.29, 0.717) is 0 Å². The van der Waals surface area contributed by atoms with E-state index in [9.17, 15) is 13.2 Å². The molecule has 80 valence electrons. The van der Waals surface area contributed by atoms with Crippen molar-refractivity contribution in [2.45, 2.75) is 6.04 Å². The molecule has 0 aliphatic rings. The lowest BCUT2D eigenvalue weighted by molar-refractivity contribution is -0.142. The number of methoxy groups -OCH3 is 1. The average Bonchev–Trinajstić information content (AvgIpc) is 1.97. The Morgan fingerprint density at radius 3 is 2.31 bits per heavy atom. The molecule has 8 heteroatoms. The van der Waals surface area contributed by atoms with Crippen LogP contribution >= 0.6 is 12.4 Å². The largest absolute Gasteiger partial charge is 0.468 e. The first-order valence-electron chi connectivity index (χ1n) is 3.16. The molecule has 0 rings (SSSR count). The van der Waals surface area contributed by atoms with E-state index in [1.54, 1.807) is 0 Å². The van der Waals surface area contributed by atoms with Crippen LogP contribution in [0.1, 0.15) is 0 Å². The molecule has 0 aromatic heterocycles. The molecule has 1 unspecified atom stereocenters. The van der Waals surface area contributed by atoms with Crippen LogP contribution < -0.4 is 10.5 Å². The Labute approximate surface area is 83.3 Å². The highest BCUT2D eigenvalue weighted by atomic mass is 35.5. The van der Waals surface area contributed by atoms with Crippen LogP contribution in [0.2, 0.25) is 0 Å². The fraction of sp³-hybridized carbons (Fsp3) is 0.800. The maximum atomic E-state index is 10.8. The molecule has 0 radical (unpaired) electrons. The summed E-state index contributed by atoms with van der Waals surface area (Å²) < 4.78 is 27.6. The predicted molar refractivity (Wildman–Crippen MR) is 50.1 cm³/mol. The van der Waals surface area contributed by atoms with E-state index in [-0.39, 0.29) is 19.0 Å². The van der Waals surface area contributed by atoms with Gasteiger partial charge in [-0.05, 0) is 0 Å². The number of rotatable bonds is 4. The quantitative estimate of drug-likeness (QED) is 0.573. The van der Waals surface area contributed by atoms with Crippen molar-refractivity contribution in [1.29, 1.82) is 0 Å². The minimum Gasteiger partial charge on any atom is -0.468 e. The fourth-order valence-corrected chi connectivity index (χ4v) is 1.30. The molecule has 0 aliphatic carbocycles. The normalized spacial score (nSPS) is 12.8. The van der Waals surface area contributed by atoms with Crippen LogP contribution in [-0.2, 0) is 19.6 Å². The second kappa shape index (κ2) is 6.14. The summed E-state index contributed by atoms with van der Waals surface area (Å²) in [4.78, 5) is 10.8. The van der Waals surface area contributed by atoms with Crippen LogP contribution in [0.5, 0.6) is 0 Å². The van der Waals surface area contributed by atoms with Crippen LogP contribution in [0, 0.1) is 0 Å². The molecule has 1 atom stereocenters. The second-order valence-electron chi connectivity index (χ2n) is 2.20. The van der Waals surface area contributed by atoms with Crippen molar-refractivity contribution in [3.63, 3.8) is 0 Å². The SMILES string of the molecule is COC(=O)C(CN)NS(C)(=O)=O.Cl. The topological polar surface area (TPSA) is 98.5 Å². The number of sulfonamides is 1. The molecule has 0 bridgehead atoms. The molecule has 0 spiro atoms. The van der Waals surface area contributed by atoms with Gasteiger partial charge < -0.3 is 10.5 Å². The Hall–Kier alpha value is -0.370. The molecule has 0 aromatic carbocycles. The maximum Gasteiger partial charge on any atom is 0.325 e. The van der Waals surface area contributed by atoms with Gasteiger partial charge in [0.2, 0.25) is 10.0 Å². The van der Waals surface area contributed by atoms with Crippen molar-refractivity contribution in [3.8, 4) is 0 Å². The molecular weight excluding hydrogens is 220 g/mol. The third-order valence-corrected chi connectivity index (χ3v) is 1.79. The van der Waals surface area contributed by atoms with E-state index >= 15 is 0 Å². The highest BCUT2D eigenvalue weighted by molar-refractivity contribution is 7.88. The predicted octanol–water partition coefficient (Wildman–Crippen LogP) is -1.54. The number of nitrogens with two attached hydrogens (primary N) is 1. The number of carbonyl (C=O) groups excluding carboxylic acids is 1. The van der Waals surface area contributed by atoms with Gasteiger partial charge in [0.25, 0.3) is 0 Å². The van der Waals surface area contributed by atoms with E-state index < -0.39 is 22.0 Å². The molecule has 0 aromatic rings. The Balaban J connectivity index is 0. The van der Waals surface area contributed by atoms with Gasteiger partial charge in [-0.15, -0.1) is 12.4 Å². The van der Waals surface area contributed by atoms with Gasteiger partial charge in [0, 0.05) is 6.54 Å². The molecule has 0 heterocycles. The fourth-order valence-electron chi connectivity index (χ4n) is 0.593. The minimum atomic E-state index is -3.42. The first kappa shape index (κ1) is 15.1. The van der Waals surface area contributed by atoms with E-state index in [2.05, 4.69) is 4.74 Å². The molecule has 0 saturated heterocycles. The lowest BCUT2D eigenvalue weighted by atomic mass is 10.3. The lowest BCUT2D eigenvalue weighted by Crippen LogP contribution is -2.45. The van der Waals surface area contributed by atoms with E-state index in [0.717, 1.165) is 13.4 Å². The number of halogens is 1. The third kappa shape index (κ3) is 6.76. The van der Waals surface area contributed by atoms with Gasteiger partial charge in [-0.1, -0.05) is 0 Å². The van der Waals surface area contributed by atoms with Crippen molar-refractivity contribution in [3.05, 3.63) is 0 Å². The van der Waals surface area contributed by atoms with Gasteiger partial charge in [0.1, 0.15) is 6.04 Å². The molecule has 13 heavy (non-hydrogen) atoms. The van der Waals surface area contributed by atoms with Gasteiger partial charge in [-0.3, -0.25) is 4.79 Å². The molecule has 0 aliphatic heterocycles. The molecule has 0 fully saturated rings. The first-order valence-corrected chi connectivity index (χ1v) is 5.05. The van der Waals surface area contributed by atoms with Crippen molar-refractivity contribution >= 4 is 28.4 Å². The van der Waals surface area contributed by atoms with Gasteiger partial charge in [-0.25, -0.2) is 8.42 Å². The van der Waals surface area contributed by atoms with Crippen LogP contribution in [0.4, 0.5) is 0 Å². The van der Waals surface area contributed by atoms with Crippen molar-refractivity contribution in [2.24, 2.45) is 5.73 Å². The summed E-state index contributed by atoms with van der Waals surface area (Å²) in [5.41, 5.74) is 5.13. The maximum absolute atomic E-state index is 10.8. The third-order valence-electron chi connectivity index (χ3n) is 1.08. The molecular formula is C5H13ClN2O4S. The lowest BCUT2D eigenvalue weighted by Gasteiger charge is -2.11. The van der Waals surface area contributed by atoms with E-state index in [4.69, 9.17) is 5.73 Å². The smallest absolute Gasteiger partial charge is 0.325 e. The van der Waals surface area contributed by atoms with Crippen LogP contribution in [0.25, 0.3) is 0 Å². The Bertz CT molecular complexity index is 253. The standard InChI is InChI=1S/C5H12N2O4S.ClH/c1-11-5(8)4(3-6)7-12(2,9)10;/h4,7H,3,6H2,1-2H3;1H. The summed E-state index contributed by atoms with van der Waals surface area (Å²) in [5.74, 6) is -0.692. The van der Waals surface area contributed by atoms with Crippen molar-refractivity contribution in [2.75, 3.05) is 19.9 Å². The van der Waals surface area contributed by atoms with Crippen molar-refractivity contribution < 1.29 is 17.9 Å². The highest BCUT2D eigenvalue weighted by Gasteiger charge is 2.20. The van der Waals surface area contributed by atoms with Crippen LogP contribution in [-0.4, -0.2) is 40.3 Å². The number of nitrogens with one attached hydrogen (secondary N) is 1. The van der Waals surface area contributed by atoms with Crippen LogP contribution in [0.3, 0.4) is 0 Å². The monoisotopic (exact) mass is 232 g/mol. The molecule has 3 N–H and O–H groups in total. The summed E-state index contributed by atoms with van der Waals surface area (Å²) in [5, 5.41) is 0. The van der Waals surface area contributed by atoms with Gasteiger partial charge in [-0.2, -0.15) is 4.72 Å². The van der Waals surface area contributed by atoms with Crippen LogP contribution in [0.15, 0.2) is 0 Å². The zero-order valence-electron chi connectivity index (χ0n) is 7.31. The number of ether oxygens (including phenoxy) is 1. The number of carbonyl (C=O) groups is 1. The van der Waals surface area contributed by atoms with E-state index in [1.165, 1.54) is 0 Å². The molecule has 6 nitrogen and oxygen atoms in total. The zero-order valence-corrected chi connectivity index (χ0v) is 8.94. The summed E-state index contributed by atoms with van der Waals surface area (Å²) in [6.07, 6.45) is 0.943. The summed E-state index contributed by atoms with van der Waals surface area (Å²) in [6.45, 7) is -0.125. The van der Waals surface area contributed by atoms with Gasteiger partial charge in [0.05, 0.1) is 13.4 Å². The van der Waals surface area contributed by atoms with Crippen molar-refractivity contribution in [1.82, 2.24) is 4.72 Å². The summed E-state index contributed by atoms with van der Waals surface area (Å²) >= 11 is 0.